The highest BCUT2D eigenvalue weighted by molar-refractivity contribution is 5.73. The van der Waals surface area contributed by atoms with Crippen LogP contribution in [0.5, 0.6) is 0 Å². The van der Waals surface area contributed by atoms with E-state index in [0.717, 1.165) is 51.4 Å². The Hall–Kier alpha value is -2.09. The van der Waals surface area contributed by atoms with Crippen molar-refractivity contribution in [2.75, 3.05) is 0 Å². The van der Waals surface area contributed by atoms with Crippen LogP contribution in [0.4, 0.5) is 0 Å². The summed E-state index contributed by atoms with van der Waals surface area (Å²) in [5.74, 6) is -0.713. The minimum absolute atomic E-state index is 0.613. The van der Waals surface area contributed by atoms with Gasteiger partial charge < -0.3 is 5.11 Å². The Labute approximate surface area is 173 Å². The second kappa shape index (κ2) is 18.3. The van der Waals surface area contributed by atoms with E-state index in [0.29, 0.717) is 6.42 Å². The summed E-state index contributed by atoms with van der Waals surface area (Å²) in [7, 11) is 0. The highest BCUT2D eigenvalue weighted by atomic mass is 16.4. The zero-order valence-electron chi connectivity index (χ0n) is 18.1. The number of aliphatic carboxylic acids is 1. The van der Waals surface area contributed by atoms with Crippen molar-refractivity contribution >= 4 is 5.97 Å². The van der Waals surface area contributed by atoms with E-state index >= 15 is 0 Å². The molecule has 0 aliphatic rings. The van der Waals surface area contributed by atoms with E-state index in [-0.39, 0.29) is 0 Å². The molecule has 0 radical (unpaired) electrons. The molecule has 2 heteroatoms. The molecule has 0 saturated heterocycles. The average molecular weight is 385 g/mol. The van der Waals surface area contributed by atoms with E-state index in [9.17, 15) is 4.79 Å². The van der Waals surface area contributed by atoms with Gasteiger partial charge in [0.2, 0.25) is 0 Å². The topological polar surface area (TPSA) is 37.3 Å². The van der Waals surface area contributed by atoms with Gasteiger partial charge in [0.05, 0.1) is 5.41 Å². The van der Waals surface area contributed by atoms with Gasteiger partial charge in [-0.2, -0.15) is 0 Å². The molecule has 0 aliphatic heterocycles. The first-order valence-electron chi connectivity index (χ1n) is 10.6. The molecule has 0 aromatic carbocycles. The molecule has 0 fully saturated rings. The van der Waals surface area contributed by atoms with E-state index in [2.05, 4.69) is 79.8 Å². The molecule has 0 spiro atoms. The third-order valence-corrected chi connectivity index (χ3v) is 4.35. The monoisotopic (exact) mass is 384 g/mol. The maximum atomic E-state index is 11.0. The fourth-order valence-electron chi connectivity index (χ4n) is 2.41. The van der Waals surface area contributed by atoms with Gasteiger partial charge in [0.15, 0.2) is 0 Å². The van der Waals surface area contributed by atoms with Crippen LogP contribution in [0, 0.1) is 5.41 Å². The van der Waals surface area contributed by atoms with E-state index in [1.165, 1.54) is 0 Å². The predicted octanol–water partition coefficient (Wildman–Crippen LogP) is 7.97. The van der Waals surface area contributed by atoms with Gasteiger partial charge >= 0.3 is 5.97 Å². The lowest BCUT2D eigenvalue weighted by atomic mass is 9.87. The van der Waals surface area contributed by atoms with E-state index < -0.39 is 11.4 Å². The molecule has 28 heavy (non-hydrogen) atoms. The lowest BCUT2D eigenvalue weighted by Gasteiger charge is -2.17. The van der Waals surface area contributed by atoms with Crippen molar-refractivity contribution in [3.8, 4) is 0 Å². The van der Waals surface area contributed by atoms with E-state index in [4.69, 9.17) is 5.11 Å². The molecule has 0 aliphatic carbocycles. The molecule has 0 atom stereocenters. The maximum absolute atomic E-state index is 11.0. The Kier molecular flexibility index (Phi) is 16.9. The first kappa shape index (κ1) is 25.9. The van der Waals surface area contributed by atoms with Crippen LogP contribution in [-0.2, 0) is 4.79 Å². The van der Waals surface area contributed by atoms with Crippen LogP contribution in [0.25, 0.3) is 0 Å². The number of carbonyl (C=O) groups is 1. The molecule has 2 nitrogen and oxygen atoms in total. The van der Waals surface area contributed by atoms with E-state index in [1.807, 2.05) is 0 Å². The summed E-state index contributed by atoms with van der Waals surface area (Å²) < 4.78 is 0. The van der Waals surface area contributed by atoms with Gasteiger partial charge in [-0.15, -0.1) is 0 Å². The van der Waals surface area contributed by atoms with Crippen LogP contribution < -0.4 is 0 Å². The third kappa shape index (κ3) is 17.3. The lowest BCUT2D eigenvalue weighted by molar-refractivity contribution is -0.147. The molecule has 0 aromatic heterocycles. The fraction of sp³-hybridized carbons (Fsp3) is 0.500. The summed E-state index contributed by atoms with van der Waals surface area (Å²) in [4.78, 5) is 11.0. The van der Waals surface area contributed by atoms with Crippen LogP contribution >= 0.6 is 0 Å². The Bertz CT molecular complexity index is 557. The number of hydrogen-bond donors (Lipinski definition) is 1. The van der Waals surface area contributed by atoms with Gasteiger partial charge in [0.1, 0.15) is 0 Å². The molecule has 0 amide bonds. The van der Waals surface area contributed by atoms with Crippen molar-refractivity contribution in [2.24, 2.45) is 5.41 Å². The highest BCUT2D eigenvalue weighted by Crippen LogP contribution is 2.23. The number of allylic oxidation sites excluding steroid dienone is 12. The number of unbranched alkanes of at least 4 members (excludes halogenated alkanes) is 1. The minimum Gasteiger partial charge on any atom is -0.481 e. The molecule has 0 bridgehead atoms. The summed E-state index contributed by atoms with van der Waals surface area (Å²) in [6, 6.07) is 0. The predicted molar refractivity (Wildman–Crippen MR) is 123 cm³/mol. The summed E-state index contributed by atoms with van der Waals surface area (Å²) in [6.07, 6.45) is 34.9. The summed E-state index contributed by atoms with van der Waals surface area (Å²) in [6.45, 7) is 5.73. The van der Waals surface area contributed by atoms with Crippen LogP contribution in [0.2, 0.25) is 0 Å². The van der Waals surface area contributed by atoms with E-state index in [1.54, 1.807) is 13.8 Å². The van der Waals surface area contributed by atoms with Crippen LogP contribution in [0.15, 0.2) is 72.9 Å². The minimum atomic E-state index is -0.713. The smallest absolute Gasteiger partial charge is 0.309 e. The maximum Gasteiger partial charge on any atom is 0.309 e. The van der Waals surface area contributed by atoms with Crippen molar-refractivity contribution in [3.05, 3.63) is 72.9 Å². The largest absolute Gasteiger partial charge is 0.481 e. The second-order valence-electron chi connectivity index (χ2n) is 7.50. The quantitative estimate of drug-likeness (QED) is 0.216. The van der Waals surface area contributed by atoms with Crippen molar-refractivity contribution < 1.29 is 9.90 Å². The van der Waals surface area contributed by atoms with Crippen molar-refractivity contribution in [1.82, 2.24) is 0 Å². The number of carboxylic acid groups (broad SMARTS) is 1. The first-order valence-corrected chi connectivity index (χ1v) is 10.6. The van der Waals surface area contributed by atoms with Gasteiger partial charge in [-0.1, -0.05) is 79.8 Å². The van der Waals surface area contributed by atoms with Crippen molar-refractivity contribution in [2.45, 2.75) is 78.6 Å². The normalized spacial score (nSPS) is 13.5. The zero-order valence-corrected chi connectivity index (χ0v) is 18.1. The Balaban J connectivity index is 3.62. The Morgan fingerprint density at radius 3 is 1.39 bits per heavy atom. The van der Waals surface area contributed by atoms with Crippen LogP contribution in [0.1, 0.15) is 78.6 Å². The highest BCUT2D eigenvalue weighted by Gasteiger charge is 2.25. The van der Waals surface area contributed by atoms with Gasteiger partial charge in [-0.3, -0.25) is 4.79 Å². The molecule has 0 aromatic rings. The molecule has 0 unspecified atom stereocenters. The molecular formula is C26H40O2. The standard InChI is InChI=1S/C26H40O2/c1-4-5-6-7-8-9-10-11-12-13-14-15-16-17-18-19-20-21-22-23-24-26(2,3)25(27)28/h5-6,8-9,11-12,14-15,17-18,20-21H,4,7,10,13,16,19,22-24H2,1-3H3,(H,27,28). The van der Waals surface area contributed by atoms with Gasteiger partial charge in [0.25, 0.3) is 0 Å². The Morgan fingerprint density at radius 1 is 0.679 bits per heavy atom. The average Bonchev–Trinajstić information content (AvgIpc) is 2.66. The lowest BCUT2D eigenvalue weighted by Crippen LogP contribution is -2.23. The van der Waals surface area contributed by atoms with Gasteiger partial charge in [-0.25, -0.2) is 0 Å². The zero-order chi connectivity index (χ0) is 20.9. The fourth-order valence-corrected chi connectivity index (χ4v) is 2.41. The van der Waals surface area contributed by atoms with Crippen LogP contribution in [-0.4, -0.2) is 11.1 Å². The summed E-state index contributed by atoms with van der Waals surface area (Å²) in [5.41, 5.74) is -0.613. The Morgan fingerprint density at radius 2 is 1.04 bits per heavy atom. The molecule has 1 N–H and O–H groups in total. The molecule has 0 heterocycles. The molecule has 0 rings (SSSR count). The molecule has 0 saturated carbocycles. The number of rotatable bonds is 16. The first-order chi connectivity index (χ1) is 13.5. The van der Waals surface area contributed by atoms with Crippen molar-refractivity contribution in [1.29, 1.82) is 0 Å². The molecule has 156 valence electrons. The third-order valence-electron chi connectivity index (χ3n) is 4.35. The second-order valence-corrected chi connectivity index (χ2v) is 7.50. The summed E-state index contributed by atoms with van der Waals surface area (Å²) in [5, 5.41) is 9.06. The van der Waals surface area contributed by atoms with Gasteiger partial charge in [-0.05, 0) is 71.6 Å². The number of carboxylic acids is 1. The SMILES string of the molecule is CCC=CCC=CCC=CCC=CCC=CCC=CCCCC(C)(C)C(=O)O. The van der Waals surface area contributed by atoms with Crippen LogP contribution in [0.3, 0.4) is 0 Å². The van der Waals surface area contributed by atoms with Gasteiger partial charge in [0, 0.05) is 0 Å². The molecular weight excluding hydrogens is 344 g/mol. The number of hydrogen-bond acceptors (Lipinski definition) is 1. The summed E-state index contributed by atoms with van der Waals surface area (Å²) >= 11 is 0. The van der Waals surface area contributed by atoms with Crippen molar-refractivity contribution in [3.63, 3.8) is 0 Å².